The van der Waals surface area contributed by atoms with Crippen LogP contribution in [0.15, 0.2) is 53.0 Å². The van der Waals surface area contributed by atoms with Crippen molar-refractivity contribution in [3.63, 3.8) is 0 Å². The number of pyridine rings is 1. The first-order valence-corrected chi connectivity index (χ1v) is 12.7. The quantitative estimate of drug-likeness (QED) is 0.403. The van der Waals surface area contributed by atoms with E-state index in [-0.39, 0.29) is 16.5 Å². The number of hydrogen-bond donors (Lipinski definition) is 2. The van der Waals surface area contributed by atoms with E-state index in [0.29, 0.717) is 17.9 Å². The van der Waals surface area contributed by atoms with Gasteiger partial charge in [0.25, 0.3) is 0 Å². The average Bonchev–Trinajstić information content (AvgIpc) is 3.42. The molecule has 0 amide bonds. The van der Waals surface area contributed by atoms with Crippen molar-refractivity contribution in [2.75, 3.05) is 18.2 Å². The molecule has 8 nitrogen and oxygen atoms in total. The molecule has 0 aliphatic rings. The number of nitrogens with zero attached hydrogens (tertiary/aromatic N) is 4. The topological polar surface area (TPSA) is 110 Å². The third kappa shape index (κ3) is 4.68. The number of thiazole rings is 1. The van der Waals surface area contributed by atoms with Crippen LogP contribution in [-0.2, 0) is 16.3 Å². The minimum Gasteiger partial charge on any atom is -0.396 e. The SMILES string of the molecule is Cc1cc(-n2ccc(-c3nccs3)n2)c(CCO)c(Nc2ccc(S(C)(=O)=O)cc2Cl)n1. The highest BCUT2D eigenvalue weighted by atomic mass is 35.5. The standard InChI is InChI=1S/C21H20ClN5O3S2/c1-13-11-19(27-8-5-18(26-27)21-23-7-10-31-21)15(6-9-28)20(24-13)25-17-4-3-14(12-16(17)22)32(2,29)30/h3-5,7-8,10-12,28H,6,9H2,1-2H3,(H,24,25). The van der Waals surface area contributed by atoms with E-state index >= 15 is 0 Å². The van der Waals surface area contributed by atoms with Crippen LogP contribution in [0.5, 0.6) is 0 Å². The molecule has 0 spiro atoms. The summed E-state index contributed by atoms with van der Waals surface area (Å²) in [7, 11) is -3.37. The van der Waals surface area contributed by atoms with Crippen LogP contribution in [0.25, 0.3) is 16.4 Å². The van der Waals surface area contributed by atoms with Crippen molar-refractivity contribution < 1.29 is 13.5 Å². The number of aryl methyl sites for hydroxylation is 1. The third-order valence-electron chi connectivity index (χ3n) is 4.70. The van der Waals surface area contributed by atoms with Gasteiger partial charge < -0.3 is 10.4 Å². The Kier molecular flexibility index (Phi) is 6.29. The fraction of sp³-hybridized carbons (Fsp3) is 0.190. The highest BCUT2D eigenvalue weighted by Crippen LogP contribution is 2.32. The van der Waals surface area contributed by atoms with Crippen LogP contribution in [-0.4, -0.2) is 46.1 Å². The Labute approximate surface area is 194 Å². The summed E-state index contributed by atoms with van der Waals surface area (Å²) in [6.07, 6.45) is 5.03. The number of aliphatic hydroxyl groups excluding tert-OH is 1. The highest BCUT2D eigenvalue weighted by Gasteiger charge is 2.17. The highest BCUT2D eigenvalue weighted by molar-refractivity contribution is 7.90. The molecular weight excluding hydrogens is 470 g/mol. The lowest BCUT2D eigenvalue weighted by molar-refractivity contribution is 0.299. The van der Waals surface area contributed by atoms with Crippen molar-refractivity contribution in [2.24, 2.45) is 0 Å². The zero-order valence-electron chi connectivity index (χ0n) is 17.3. The molecule has 3 aromatic heterocycles. The summed E-state index contributed by atoms with van der Waals surface area (Å²) in [4.78, 5) is 9.02. The number of anilines is 2. The lowest BCUT2D eigenvalue weighted by Crippen LogP contribution is -2.09. The largest absolute Gasteiger partial charge is 0.396 e. The van der Waals surface area contributed by atoms with Gasteiger partial charge in [0, 0.05) is 48.3 Å². The minimum atomic E-state index is -3.37. The number of nitrogens with one attached hydrogen (secondary N) is 1. The summed E-state index contributed by atoms with van der Waals surface area (Å²) in [5.74, 6) is 0.509. The molecule has 166 valence electrons. The first-order chi connectivity index (χ1) is 15.3. The van der Waals surface area contributed by atoms with Gasteiger partial charge in [0.15, 0.2) is 9.84 Å². The number of aliphatic hydroxyl groups is 1. The minimum absolute atomic E-state index is 0.0895. The van der Waals surface area contributed by atoms with E-state index in [1.54, 1.807) is 16.9 Å². The molecule has 0 unspecified atom stereocenters. The number of sulfone groups is 1. The average molecular weight is 490 g/mol. The number of halogens is 1. The molecule has 0 saturated heterocycles. The number of benzene rings is 1. The predicted molar refractivity (Wildman–Crippen MR) is 126 cm³/mol. The smallest absolute Gasteiger partial charge is 0.175 e. The van der Waals surface area contributed by atoms with Gasteiger partial charge in [0.1, 0.15) is 16.5 Å². The molecule has 4 aromatic rings. The molecule has 0 atom stereocenters. The normalized spacial score (nSPS) is 11.6. The lowest BCUT2D eigenvalue weighted by atomic mass is 10.1. The molecule has 0 saturated carbocycles. The number of aromatic nitrogens is 4. The maximum Gasteiger partial charge on any atom is 0.175 e. The van der Waals surface area contributed by atoms with Gasteiger partial charge in [-0.15, -0.1) is 11.3 Å². The Morgan fingerprint density at radius 3 is 2.72 bits per heavy atom. The second kappa shape index (κ2) is 8.99. The van der Waals surface area contributed by atoms with Gasteiger partial charge in [-0.25, -0.2) is 23.1 Å². The predicted octanol–water partition coefficient (Wildman–Crippen LogP) is 4.03. The van der Waals surface area contributed by atoms with E-state index in [1.165, 1.54) is 23.5 Å². The van der Waals surface area contributed by atoms with E-state index in [2.05, 4.69) is 20.4 Å². The maximum atomic E-state index is 11.8. The van der Waals surface area contributed by atoms with Crippen LogP contribution < -0.4 is 5.32 Å². The fourth-order valence-electron chi connectivity index (χ4n) is 3.23. The van der Waals surface area contributed by atoms with Crippen LogP contribution in [0.1, 0.15) is 11.3 Å². The number of hydrogen-bond acceptors (Lipinski definition) is 8. The molecule has 0 aliphatic heterocycles. The Balaban J connectivity index is 1.76. The van der Waals surface area contributed by atoms with Crippen molar-refractivity contribution >= 4 is 44.3 Å². The van der Waals surface area contributed by atoms with Crippen molar-refractivity contribution in [1.29, 1.82) is 0 Å². The van der Waals surface area contributed by atoms with Gasteiger partial charge in [-0.3, -0.25) is 0 Å². The van der Waals surface area contributed by atoms with E-state index in [1.807, 2.05) is 30.6 Å². The van der Waals surface area contributed by atoms with Gasteiger partial charge in [-0.2, -0.15) is 5.10 Å². The molecule has 32 heavy (non-hydrogen) atoms. The van der Waals surface area contributed by atoms with Gasteiger partial charge in [-0.05, 0) is 37.3 Å². The summed E-state index contributed by atoms with van der Waals surface area (Å²) < 4.78 is 25.3. The summed E-state index contributed by atoms with van der Waals surface area (Å²) in [6, 6.07) is 8.25. The molecule has 2 N–H and O–H groups in total. The van der Waals surface area contributed by atoms with Gasteiger partial charge in [-0.1, -0.05) is 11.6 Å². The molecule has 4 rings (SSSR count). The lowest BCUT2D eigenvalue weighted by Gasteiger charge is -2.17. The van der Waals surface area contributed by atoms with Crippen molar-refractivity contribution in [3.8, 4) is 16.4 Å². The Hall–Kier alpha value is -2.79. The summed E-state index contributed by atoms with van der Waals surface area (Å²) in [6.45, 7) is 1.77. The van der Waals surface area contributed by atoms with E-state index in [9.17, 15) is 13.5 Å². The Bertz CT molecular complexity index is 1370. The van der Waals surface area contributed by atoms with Crippen molar-refractivity contribution in [2.45, 2.75) is 18.2 Å². The maximum absolute atomic E-state index is 11.8. The molecule has 0 fully saturated rings. The summed E-state index contributed by atoms with van der Waals surface area (Å²) >= 11 is 7.85. The van der Waals surface area contributed by atoms with Gasteiger partial charge in [0.05, 0.1) is 21.3 Å². The first-order valence-electron chi connectivity index (χ1n) is 9.60. The summed E-state index contributed by atoms with van der Waals surface area (Å²) in [5.41, 5.74) is 3.50. The van der Waals surface area contributed by atoms with Crippen molar-refractivity contribution in [3.05, 3.63) is 64.4 Å². The molecular formula is C21H20ClN5O3S2. The molecule has 1 aromatic carbocycles. The van der Waals surface area contributed by atoms with E-state index < -0.39 is 9.84 Å². The van der Waals surface area contributed by atoms with Crippen LogP contribution in [0.2, 0.25) is 5.02 Å². The third-order valence-corrected chi connectivity index (χ3v) is 6.92. The fourth-order valence-corrected chi connectivity index (χ4v) is 4.77. The zero-order valence-corrected chi connectivity index (χ0v) is 19.7. The Morgan fingerprint density at radius 2 is 2.06 bits per heavy atom. The van der Waals surface area contributed by atoms with Crippen molar-refractivity contribution in [1.82, 2.24) is 19.7 Å². The molecule has 11 heteroatoms. The second-order valence-electron chi connectivity index (χ2n) is 7.11. The van der Waals surface area contributed by atoms with Crippen LogP contribution in [0.3, 0.4) is 0 Å². The van der Waals surface area contributed by atoms with E-state index in [0.717, 1.165) is 33.9 Å². The van der Waals surface area contributed by atoms with Gasteiger partial charge in [0.2, 0.25) is 0 Å². The second-order valence-corrected chi connectivity index (χ2v) is 10.4. The van der Waals surface area contributed by atoms with E-state index in [4.69, 9.17) is 11.6 Å². The molecule has 0 bridgehead atoms. The zero-order chi connectivity index (χ0) is 22.9. The van der Waals surface area contributed by atoms with Crippen LogP contribution in [0, 0.1) is 6.92 Å². The first kappa shape index (κ1) is 22.4. The van der Waals surface area contributed by atoms with Gasteiger partial charge >= 0.3 is 0 Å². The Morgan fingerprint density at radius 1 is 1.25 bits per heavy atom. The molecule has 0 aliphatic carbocycles. The molecule has 0 radical (unpaired) electrons. The molecule has 3 heterocycles. The monoisotopic (exact) mass is 489 g/mol. The van der Waals surface area contributed by atoms with Crippen LogP contribution in [0.4, 0.5) is 11.5 Å². The summed E-state index contributed by atoms with van der Waals surface area (Å²) in [5, 5.41) is 20.5. The number of rotatable bonds is 7. The van der Waals surface area contributed by atoms with Crippen LogP contribution >= 0.6 is 22.9 Å².